The summed E-state index contributed by atoms with van der Waals surface area (Å²) >= 11 is 0. The number of nitrogens with zero attached hydrogens (tertiary/aromatic N) is 3. The summed E-state index contributed by atoms with van der Waals surface area (Å²) in [5.41, 5.74) is 0.0877. The molecule has 2 aliphatic heterocycles. The highest BCUT2D eigenvalue weighted by molar-refractivity contribution is 6.28. The number of fused-ring (bicyclic) bond motifs is 2. The molecule has 0 bridgehead atoms. The van der Waals surface area contributed by atoms with E-state index in [4.69, 9.17) is 4.74 Å². The maximum Gasteiger partial charge on any atom is 0.281 e. The van der Waals surface area contributed by atoms with Gasteiger partial charge in [-0.05, 0) is 42.5 Å². The molecular formula is C22H11N3O7. The summed E-state index contributed by atoms with van der Waals surface area (Å²) < 4.78 is 5.62. The molecule has 0 saturated heterocycles. The van der Waals surface area contributed by atoms with Crippen molar-refractivity contribution < 1.29 is 28.8 Å². The molecule has 5 rings (SSSR count). The van der Waals surface area contributed by atoms with Crippen LogP contribution in [0.15, 0.2) is 66.7 Å². The summed E-state index contributed by atoms with van der Waals surface area (Å²) in [5, 5.41) is 11.8. The minimum Gasteiger partial charge on any atom is -0.457 e. The maximum absolute atomic E-state index is 13.0. The second-order valence-corrected chi connectivity index (χ2v) is 6.95. The number of benzene rings is 3. The number of non-ortho nitro benzene ring substituents is 1. The summed E-state index contributed by atoms with van der Waals surface area (Å²) in [7, 11) is 0. The second-order valence-electron chi connectivity index (χ2n) is 6.95. The molecule has 0 atom stereocenters. The third kappa shape index (κ3) is 2.74. The van der Waals surface area contributed by atoms with Gasteiger partial charge < -0.3 is 4.74 Å². The molecule has 0 N–H and O–H groups in total. The third-order valence-electron chi connectivity index (χ3n) is 5.09. The molecule has 0 aliphatic carbocycles. The number of hydrogen-bond acceptors (Lipinski definition) is 7. The van der Waals surface area contributed by atoms with Crippen molar-refractivity contribution in [1.29, 1.82) is 0 Å². The molecule has 0 aromatic heterocycles. The van der Waals surface area contributed by atoms with Crippen molar-refractivity contribution in [3.8, 4) is 11.5 Å². The first kappa shape index (κ1) is 19.1. The SMILES string of the molecule is O=C1c2ccccc2C(=O)N1N1C(=O)c2ccc(Oc3ccc([N+](=O)[O-])cc3)cc2C1=O. The Balaban J connectivity index is 1.44. The Bertz CT molecular complexity index is 1330. The van der Waals surface area contributed by atoms with Gasteiger partial charge in [0.2, 0.25) is 0 Å². The van der Waals surface area contributed by atoms with Crippen LogP contribution in [-0.4, -0.2) is 38.6 Å². The molecule has 0 fully saturated rings. The molecule has 0 radical (unpaired) electrons. The van der Waals surface area contributed by atoms with Gasteiger partial charge in [0.05, 0.1) is 27.2 Å². The van der Waals surface area contributed by atoms with Crippen LogP contribution in [0.5, 0.6) is 11.5 Å². The fourth-order valence-electron chi connectivity index (χ4n) is 3.58. The summed E-state index contributed by atoms with van der Waals surface area (Å²) in [6.07, 6.45) is 0. The summed E-state index contributed by atoms with van der Waals surface area (Å²) in [6.45, 7) is 0. The first-order valence-corrected chi connectivity index (χ1v) is 9.29. The summed E-state index contributed by atoms with van der Waals surface area (Å²) in [4.78, 5) is 61.5. The van der Waals surface area contributed by atoms with Gasteiger partial charge in [-0.1, -0.05) is 12.1 Å². The van der Waals surface area contributed by atoms with Crippen LogP contribution in [0.4, 0.5) is 5.69 Å². The van der Waals surface area contributed by atoms with E-state index < -0.39 is 28.6 Å². The molecule has 0 unspecified atom stereocenters. The molecule has 156 valence electrons. The van der Waals surface area contributed by atoms with E-state index in [0.29, 0.717) is 10.0 Å². The van der Waals surface area contributed by atoms with Crippen LogP contribution in [0.1, 0.15) is 41.4 Å². The van der Waals surface area contributed by atoms with E-state index >= 15 is 0 Å². The number of imide groups is 2. The quantitative estimate of drug-likeness (QED) is 0.354. The van der Waals surface area contributed by atoms with Crippen molar-refractivity contribution in [2.45, 2.75) is 0 Å². The molecule has 3 aromatic rings. The number of amides is 4. The van der Waals surface area contributed by atoms with E-state index in [1.165, 1.54) is 54.6 Å². The topological polar surface area (TPSA) is 127 Å². The lowest BCUT2D eigenvalue weighted by atomic mass is 10.1. The first-order chi connectivity index (χ1) is 15.4. The standard InChI is InChI=1S/C22H11N3O7/c26-19-15-3-1-2-4-16(15)20(27)23(19)24-21(28)17-10-9-14(11-18(17)22(24)29)32-13-7-5-12(6-8-13)25(30)31/h1-11H. The minimum atomic E-state index is -0.839. The molecule has 3 aromatic carbocycles. The lowest BCUT2D eigenvalue weighted by Gasteiger charge is -2.23. The molecule has 4 amide bonds. The van der Waals surface area contributed by atoms with E-state index in [1.54, 1.807) is 12.1 Å². The molecule has 10 heteroatoms. The Morgan fingerprint density at radius 2 is 1.09 bits per heavy atom. The van der Waals surface area contributed by atoms with Crippen molar-refractivity contribution in [1.82, 2.24) is 10.0 Å². The highest BCUT2D eigenvalue weighted by Crippen LogP contribution is 2.33. The lowest BCUT2D eigenvalue weighted by molar-refractivity contribution is -0.384. The first-order valence-electron chi connectivity index (χ1n) is 9.29. The van der Waals surface area contributed by atoms with Gasteiger partial charge in [-0.15, -0.1) is 0 Å². The molecule has 0 spiro atoms. The molecular weight excluding hydrogens is 418 g/mol. The lowest BCUT2D eigenvalue weighted by Crippen LogP contribution is -2.49. The van der Waals surface area contributed by atoms with Crippen LogP contribution in [0.3, 0.4) is 0 Å². The van der Waals surface area contributed by atoms with Crippen molar-refractivity contribution in [2.24, 2.45) is 0 Å². The van der Waals surface area contributed by atoms with E-state index in [1.807, 2.05) is 0 Å². The number of hydrogen-bond donors (Lipinski definition) is 0. The molecule has 10 nitrogen and oxygen atoms in total. The predicted octanol–water partition coefficient (Wildman–Crippen LogP) is 3.19. The number of ether oxygens (including phenoxy) is 1. The van der Waals surface area contributed by atoms with Crippen molar-refractivity contribution >= 4 is 29.3 Å². The minimum absolute atomic E-state index is 0.0163. The van der Waals surface area contributed by atoms with E-state index in [-0.39, 0.29) is 39.4 Å². The molecule has 0 saturated carbocycles. The van der Waals surface area contributed by atoms with Gasteiger partial charge >= 0.3 is 0 Å². The van der Waals surface area contributed by atoms with Gasteiger partial charge in [-0.2, -0.15) is 10.0 Å². The van der Waals surface area contributed by atoms with Crippen LogP contribution in [0, 0.1) is 10.1 Å². The van der Waals surface area contributed by atoms with E-state index in [9.17, 15) is 29.3 Å². The van der Waals surface area contributed by atoms with Crippen molar-refractivity contribution in [3.05, 3.63) is 99.1 Å². The van der Waals surface area contributed by atoms with Crippen LogP contribution < -0.4 is 4.74 Å². The highest BCUT2D eigenvalue weighted by atomic mass is 16.6. The van der Waals surface area contributed by atoms with Gasteiger partial charge in [0.25, 0.3) is 29.3 Å². The Labute approximate surface area is 179 Å². The number of carbonyl (C=O) groups excluding carboxylic acids is 4. The monoisotopic (exact) mass is 429 g/mol. The van der Waals surface area contributed by atoms with E-state index in [2.05, 4.69) is 0 Å². The van der Waals surface area contributed by atoms with Gasteiger partial charge in [-0.3, -0.25) is 29.3 Å². The zero-order chi connectivity index (χ0) is 22.6. The van der Waals surface area contributed by atoms with Gasteiger partial charge in [0.1, 0.15) is 11.5 Å². The maximum atomic E-state index is 13.0. The van der Waals surface area contributed by atoms with Crippen molar-refractivity contribution in [3.63, 3.8) is 0 Å². The summed E-state index contributed by atoms with van der Waals surface area (Å²) in [5.74, 6) is -2.69. The normalized spacial score (nSPS) is 14.6. The number of hydrazine groups is 1. The Morgan fingerprint density at radius 3 is 1.62 bits per heavy atom. The smallest absolute Gasteiger partial charge is 0.281 e. The van der Waals surface area contributed by atoms with E-state index in [0.717, 1.165) is 0 Å². The molecule has 32 heavy (non-hydrogen) atoms. The van der Waals surface area contributed by atoms with Crippen LogP contribution in [0.25, 0.3) is 0 Å². The predicted molar refractivity (Wildman–Crippen MR) is 107 cm³/mol. The largest absolute Gasteiger partial charge is 0.457 e. The Morgan fingerprint density at radius 1 is 0.625 bits per heavy atom. The van der Waals surface area contributed by atoms with Gasteiger partial charge in [-0.25, -0.2) is 0 Å². The highest BCUT2D eigenvalue weighted by Gasteiger charge is 2.48. The van der Waals surface area contributed by atoms with Crippen molar-refractivity contribution in [2.75, 3.05) is 0 Å². The number of nitro benzene ring substituents is 1. The van der Waals surface area contributed by atoms with Gasteiger partial charge in [0, 0.05) is 12.1 Å². The third-order valence-corrected chi connectivity index (χ3v) is 5.09. The average Bonchev–Trinajstić information content (AvgIpc) is 3.18. The summed E-state index contributed by atoms with van der Waals surface area (Å²) in [6, 6.07) is 15.5. The number of carbonyl (C=O) groups is 4. The van der Waals surface area contributed by atoms with Crippen LogP contribution >= 0.6 is 0 Å². The molecule has 2 heterocycles. The number of nitro groups is 1. The van der Waals surface area contributed by atoms with Crippen LogP contribution in [0.2, 0.25) is 0 Å². The Hall–Kier alpha value is -4.86. The zero-order valence-corrected chi connectivity index (χ0v) is 16.1. The second kappa shape index (κ2) is 6.84. The van der Waals surface area contributed by atoms with Crippen LogP contribution in [-0.2, 0) is 0 Å². The zero-order valence-electron chi connectivity index (χ0n) is 16.1. The van der Waals surface area contributed by atoms with Gasteiger partial charge in [0.15, 0.2) is 0 Å². The Kier molecular flexibility index (Phi) is 4.09. The fourth-order valence-corrected chi connectivity index (χ4v) is 3.58. The number of rotatable bonds is 4. The average molecular weight is 429 g/mol. The molecule has 2 aliphatic rings. The fraction of sp³-hybridized carbons (Fsp3) is 0.